The third kappa shape index (κ3) is 4.73. The highest BCUT2D eigenvalue weighted by atomic mass is 35.5. The Balaban J connectivity index is 2.95. The van der Waals surface area contributed by atoms with E-state index in [4.69, 9.17) is 26.8 Å². The summed E-state index contributed by atoms with van der Waals surface area (Å²) in [7, 11) is -0.575. The van der Waals surface area contributed by atoms with E-state index in [0.717, 1.165) is 0 Å². The number of nitrogens with one attached hydrogen (secondary N) is 1. The summed E-state index contributed by atoms with van der Waals surface area (Å²) in [6, 6.07) is 2.99. The van der Waals surface area contributed by atoms with Crippen molar-refractivity contribution in [3.05, 3.63) is 17.2 Å². The van der Waals surface area contributed by atoms with Crippen LogP contribution < -0.4 is 19.9 Å². The molecule has 6 nitrogen and oxygen atoms in total. The van der Waals surface area contributed by atoms with E-state index >= 15 is 0 Å². The van der Waals surface area contributed by atoms with Gasteiger partial charge in [-0.05, 0) is 19.4 Å². The first-order valence-corrected chi connectivity index (χ1v) is 8.08. The molecule has 0 saturated carbocycles. The van der Waals surface area contributed by atoms with Crippen molar-refractivity contribution in [2.75, 3.05) is 31.2 Å². The normalized spacial score (nSPS) is 11.2. The van der Waals surface area contributed by atoms with E-state index in [1.165, 1.54) is 26.4 Å². The number of rotatable bonds is 8. The van der Waals surface area contributed by atoms with Gasteiger partial charge in [0.15, 0.2) is 0 Å². The third-order valence-corrected chi connectivity index (χ3v) is 4.26. The van der Waals surface area contributed by atoms with Gasteiger partial charge in [0.25, 0.3) is 0 Å². The molecule has 0 fully saturated rings. The van der Waals surface area contributed by atoms with Crippen LogP contribution in [-0.4, -0.2) is 34.9 Å². The summed E-state index contributed by atoms with van der Waals surface area (Å²) < 4.78 is 36.5. The van der Waals surface area contributed by atoms with Crippen molar-refractivity contribution in [1.82, 2.24) is 0 Å². The quantitative estimate of drug-likeness (QED) is 0.713. The van der Waals surface area contributed by atoms with Crippen LogP contribution in [0.5, 0.6) is 11.5 Å². The number of hydrogen-bond acceptors (Lipinski definition) is 5. The summed E-state index contributed by atoms with van der Waals surface area (Å²) in [4.78, 5) is 0. The Labute approximate surface area is 124 Å². The molecule has 8 heteroatoms. The van der Waals surface area contributed by atoms with Crippen LogP contribution >= 0.6 is 11.6 Å². The smallest absolute Gasteiger partial charge is 0.232 e. The first-order valence-electron chi connectivity index (χ1n) is 6.05. The molecule has 3 N–H and O–H groups in total. The highest BCUT2D eigenvalue weighted by Crippen LogP contribution is 2.36. The lowest BCUT2D eigenvalue weighted by Crippen LogP contribution is -2.18. The lowest BCUT2D eigenvalue weighted by molar-refractivity contribution is 0.405. The van der Waals surface area contributed by atoms with Crippen LogP contribution in [-0.2, 0) is 10.0 Å². The summed E-state index contributed by atoms with van der Waals surface area (Å²) in [6.45, 7) is 0.466. The lowest BCUT2D eigenvalue weighted by atomic mass is 10.3. The molecule has 0 aliphatic heterocycles. The highest BCUT2D eigenvalue weighted by molar-refractivity contribution is 7.92. The fraction of sp³-hybridized carbons (Fsp3) is 0.500. The molecule has 0 aliphatic rings. The Morgan fingerprint density at radius 1 is 1.20 bits per heavy atom. The van der Waals surface area contributed by atoms with Crippen LogP contribution in [0.1, 0.15) is 12.8 Å². The second-order valence-corrected chi connectivity index (χ2v) is 6.35. The zero-order valence-electron chi connectivity index (χ0n) is 11.5. The second kappa shape index (κ2) is 7.56. The first kappa shape index (κ1) is 16.9. The van der Waals surface area contributed by atoms with Crippen molar-refractivity contribution in [2.45, 2.75) is 12.8 Å². The van der Waals surface area contributed by atoms with Crippen LogP contribution in [0.15, 0.2) is 12.1 Å². The molecule has 1 aromatic carbocycles. The number of halogens is 1. The average molecular weight is 323 g/mol. The van der Waals surface area contributed by atoms with Crippen molar-refractivity contribution in [1.29, 1.82) is 0 Å². The Morgan fingerprint density at radius 2 is 1.85 bits per heavy atom. The standard InChI is InChI=1S/C12H19ClN2O4S/c1-18-11-8-10(12(19-2)7-9(11)13)15-20(16,17)6-4-3-5-14/h7-8,15H,3-6,14H2,1-2H3. The monoisotopic (exact) mass is 322 g/mol. The maximum absolute atomic E-state index is 11.9. The molecule has 114 valence electrons. The van der Waals surface area contributed by atoms with Gasteiger partial charge in [-0.1, -0.05) is 11.6 Å². The van der Waals surface area contributed by atoms with E-state index in [-0.39, 0.29) is 5.75 Å². The van der Waals surface area contributed by atoms with Crippen molar-refractivity contribution >= 4 is 27.3 Å². The molecule has 0 saturated heterocycles. The van der Waals surface area contributed by atoms with Gasteiger partial charge in [0.1, 0.15) is 11.5 Å². The molecule has 0 unspecified atom stereocenters. The molecule has 0 bridgehead atoms. The van der Waals surface area contributed by atoms with Crippen molar-refractivity contribution in [2.24, 2.45) is 5.73 Å². The molecule has 0 heterocycles. The fourth-order valence-corrected chi connectivity index (χ4v) is 3.01. The summed E-state index contributed by atoms with van der Waals surface area (Å²) in [5, 5.41) is 0.343. The molecule has 0 amide bonds. The van der Waals surface area contributed by atoms with Gasteiger partial charge in [0.2, 0.25) is 10.0 Å². The minimum Gasteiger partial charge on any atom is -0.495 e. The fourth-order valence-electron chi connectivity index (χ4n) is 1.60. The predicted molar refractivity (Wildman–Crippen MR) is 80.3 cm³/mol. The van der Waals surface area contributed by atoms with E-state index in [1.54, 1.807) is 0 Å². The van der Waals surface area contributed by atoms with Crippen LogP contribution in [0.25, 0.3) is 0 Å². The predicted octanol–water partition coefficient (Wildman–Crippen LogP) is 1.84. The minimum atomic E-state index is -3.46. The number of unbranched alkanes of at least 4 members (excludes halogenated alkanes) is 1. The largest absolute Gasteiger partial charge is 0.495 e. The summed E-state index contributed by atoms with van der Waals surface area (Å²) >= 11 is 5.96. The Hall–Kier alpha value is -1.18. The van der Waals surface area contributed by atoms with Gasteiger partial charge in [-0.3, -0.25) is 4.72 Å². The molecule has 0 radical (unpaired) electrons. The number of anilines is 1. The van der Waals surface area contributed by atoms with E-state index < -0.39 is 10.0 Å². The van der Waals surface area contributed by atoms with E-state index in [9.17, 15) is 8.42 Å². The van der Waals surface area contributed by atoms with Gasteiger partial charge in [-0.25, -0.2) is 8.42 Å². The highest BCUT2D eigenvalue weighted by Gasteiger charge is 2.16. The maximum Gasteiger partial charge on any atom is 0.232 e. The zero-order valence-corrected chi connectivity index (χ0v) is 13.1. The van der Waals surface area contributed by atoms with Crippen molar-refractivity contribution < 1.29 is 17.9 Å². The average Bonchev–Trinajstić information content (AvgIpc) is 2.40. The second-order valence-electron chi connectivity index (χ2n) is 4.10. The van der Waals surface area contributed by atoms with Gasteiger partial charge in [-0.15, -0.1) is 0 Å². The van der Waals surface area contributed by atoms with E-state index in [0.29, 0.717) is 41.6 Å². The molecule has 1 rings (SSSR count). The van der Waals surface area contributed by atoms with Crippen LogP contribution in [0.4, 0.5) is 5.69 Å². The van der Waals surface area contributed by atoms with E-state index in [2.05, 4.69) is 4.72 Å². The minimum absolute atomic E-state index is 0.00169. The molecule has 0 aliphatic carbocycles. The summed E-state index contributed by atoms with van der Waals surface area (Å²) in [6.07, 6.45) is 1.15. The number of sulfonamides is 1. The molecule has 20 heavy (non-hydrogen) atoms. The maximum atomic E-state index is 11.9. The Morgan fingerprint density at radius 3 is 2.40 bits per heavy atom. The first-order chi connectivity index (χ1) is 9.43. The topological polar surface area (TPSA) is 90.7 Å². The summed E-state index contributed by atoms with van der Waals surface area (Å²) in [5.41, 5.74) is 5.64. The zero-order chi connectivity index (χ0) is 15.2. The number of hydrogen-bond donors (Lipinski definition) is 2. The van der Waals surface area contributed by atoms with E-state index in [1.807, 2.05) is 0 Å². The molecule has 1 aromatic rings. The number of methoxy groups -OCH3 is 2. The van der Waals surface area contributed by atoms with Crippen LogP contribution in [0.3, 0.4) is 0 Å². The Bertz CT molecular complexity index is 549. The number of nitrogens with two attached hydrogens (primary N) is 1. The SMILES string of the molecule is COc1cc(NS(=O)(=O)CCCCN)c(OC)cc1Cl. The van der Waals surface area contributed by atoms with Crippen LogP contribution in [0, 0.1) is 0 Å². The Kier molecular flexibility index (Phi) is 6.38. The van der Waals surface area contributed by atoms with Gasteiger partial charge in [-0.2, -0.15) is 0 Å². The van der Waals surface area contributed by atoms with Gasteiger partial charge in [0.05, 0.1) is 30.7 Å². The number of benzene rings is 1. The molecule has 0 spiro atoms. The number of ether oxygens (including phenoxy) is 2. The van der Waals surface area contributed by atoms with Gasteiger partial charge >= 0.3 is 0 Å². The molecular formula is C12H19ClN2O4S. The summed E-state index contributed by atoms with van der Waals surface area (Å²) in [5.74, 6) is 0.698. The third-order valence-electron chi connectivity index (χ3n) is 2.61. The van der Waals surface area contributed by atoms with Crippen LogP contribution in [0.2, 0.25) is 5.02 Å². The van der Waals surface area contributed by atoms with Gasteiger partial charge in [0, 0.05) is 12.1 Å². The molecule has 0 atom stereocenters. The molecular weight excluding hydrogens is 304 g/mol. The van der Waals surface area contributed by atoms with Crippen molar-refractivity contribution in [3.63, 3.8) is 0 Å². The van der Waals surface area contributed by atoms with Gasteiger partial charge < -0.3 is 15.2 Å². The van der Waals surface area contributed by atoms with Crippen molar-refractivity contribution in [3.8, 4) is 11.5 Å². The lowest BCUT2D eigenvalue weighted by Gasteiger charge is -2.14. The molecule has 0 aromatic heterocycles.